The van der Waals surface area contributed by atoms with E-state index in [1.807, 2.05) is 19.1 Å². The highest BCUT2D eigenvalue weighted by Crippen LogP contribution is 2.12. The molecule has 0 unspecified atom stereocenters. The maximum absolute atomic E-state index is 11.8. The number of rotatable bonds is 4. The third kappa shape index (κ3) is 3.33. The van der Waals surface area contributed by atoms with Gasteiger partial charge in [0, 0.05) is 0 Å². The number of hydrazone groups is 1. The fourth-order valence-electron chi connectivity index (χ4n) is 1.67. The maximum atomic E-state index is 11.8. The SMILES string of the molecule is C/C(=N/NC(=O)[C@H](O)c1ccccc1)c1ccc(C)o1. The molecule has 5 heteroatoms. The Balaban J connectivity index is 2.01. The molecule has 5 nitrogen and oxygen atoms in total. The summed E-state index contributed by atoms with van der Waals surface area (Å²) in [7, 11) is 0. The molecule has 1 aromatic carbocycles. The number of hydrogen-bond donors (Lipinski definition) is 2. The van der Waals surface area contributed by atoms with E-state index < -0.39 is 12.0 Å². The molecular formula is C15H16N2O3. The van der Waals surface area contributed by atoms with E-state index in [0.717, 1.165) is 5.76 Å². The summed E-state index contributed by atoms with van der Waals surface area (Å²) in [6.45, 7) is 3.54. The van der Waals surface area contributed by atoms with Gasteiger partial charge in [0.25, 0.3) is 5.91 Å². The Kier molecular flexibility index (Phi) is 4.32. The summed E-state index contributed by atoms with van der Waals surface area (Å²) in [4.78, 5) is 11.8. The zero-order chi connectivity index (χ0) is 14.5. The van der Waals surface area contributed by atoms with Crippen molar-refractivity contribution in [3.05, 3.63) is 59.5 Å². The van der Waals surface area contributed by atoms with Gasteiger partial charge in [0.1, 0.15) is 17.2 Å². The van der Waals surface area contributed by atoms with Crippen molar-refractivity contribution < 1.29 is 14.3 Å². The molecular weight excluding hydrogens is 256 g/mol. The smallest absolute Gasteiger partial charge is 0.273 e. The van der Waals surface area contributed by atoms with E-state index in [9.17, 15) is 9.90 Å². The number of aliphatic hydroxyl groups excluding tert-OH is 1. The third-order valence-corrected chi connectivity index (χ3v) is 2.79. The highest BCUT2D eigenvalue weighted by atomic mass is 16.3. The van der Waals surface area contributed by atoms with Crippen LogP contribution in [0, 0.1) is 6.92 Å². The first-order valence-corrected chi connectivity index (χ1v) is 6.22. The molecule has 2 rings (SSSR count). The van der Waals surface area contributed by atoms with Crippen LogP contribution in [0.3, 0.4) is 0 Å². The standard InChI is InChI=1S/C15H16N2O3/c1-10-8-9-13(20-10)11(2)16-17-15(19)14(18)12-6-4-3-5-7-12/h3-9,14,18H,1-2H3,(H,17,19)/b16-11-/t14-/m1/s1. The summed E-state index contributed by atoms with van der Waals surface area (Å²) in [5.74, 6) is 0.765. The number of carbonyl (C=O) groups excluding carboxylic acids is 1. The second-order valence-corrected chi connectivity index (χ2v) is 4.40. The highest BCUT2D eigenvalue weighted by molar-refractivity contribution is 5.97. The topological polar surface area (TPSA) is 74.8 Å². The Hall–Kier alpha value is -2.40. The van der Waals surface area contributed by atoms with E-state index in [4.69, 9.17) is 4.42 Å². The van der Waals surface area contributed by atoms with Crippen LogP contribution in [0.4, 0.5) is 0 Å². The van der Waals surface area contributed by atoms with E-state index in [-0.39, 0.29) is 0 Å². The molecule has 0 saturated carbocycles. The molecule has 1 aromatic heterocycles. The minimum absolute atomic E-state index is 0.520. The molecule has 1 atom stereocenters. The second kappa shape index (κ2) is 6.16. The molecule has 104 valence electrons. The van der Waals surface area contributed by atoms with Gasteiger partial charge in [-0.05, 0) is 31.5 Å². The maximum Gasteiger partial charge on any atom is 0.273 e. The monoisotopic (exact) mass is 272 g/mol. The number of nitrogens with zero attached hydrogens (tertiary/aromatic N) is 1. The van der Waals surface area contributed by atoms with E-state index in [2.05, 4.69) is 10.5 Å². The van der Waals surface area contributed by atoms with Crippen molar-refractivity contribution in [3.63, 3.8) is 0 Å². The van der Waals surface area contributed by atoms with Gasteiger partial charge in [0.05, 0.1) is 0 Å². The Morgan fingerprint density at radius 2 is 1.95 bits per heavy atom. The number of furan rings is 1. The van der Waals surface area contributed by atoms with Crippen LogP contribution in [0.15, 0.2) is 52.0 Å². The third-order valence-electron chi connectivity index (χ3n) is 2.79. The van der Waals surface area contributed by atoms with Crippen LogP contribution < -0.4 is 5.43 Å². The average molecular weight is 272 g/mol. The predicted octanol–water partition coefficient (Wildman–Crippen LogP) is 2.16. The van der Waals surface area contributed by atoms with Gasteiger partial charge in [0.15, 0.2) is 6.10 Å². The Morgan fingerprint density at radius 1 is 1.25 bits per heavy atom. The molecule has 0 bridgehead atoms. The van der Waals surface area contributed by atoms with Gasteiger partial charge < -0.3 is 9.52 Å². The number of benzene rings is 1. The summed E-state index contributed by atoms with van der Waals surface area (Å²) < 4.78 is 5.38. The molecule has 0 aliphatic heterocycles. The van der Waals surface area contributed by atoms with Crippen molar-refractivity contribution in [2.75, 3.05) is 0 Å². The molecule has 0 saturated heterocycles. The summed E-state index contributed by atoms with van der Waals surface area (Å²) >= 11 is 0. The zero-order valence-electron chi connectivity index (χ0n) is 11.3. The largest absolute Gasteiger partial charge is 0.460 e. The number of nitrogens with one attached hydrogen (secondary N) is 1. The van der Waals surface area contributed by atoms with Crippen LogP contribution in [-0.2, 0) is 4.79 Å². The quantitative estimate of drug-likeness (QED) is 0.661. The normalized spacial score (nSPS) is 13.1. The minimum atomic E-state index is -1.24. The Labute approximate surface area is 116 Å². The lowest BCUT2D eigenvalue weighted by Gasteiger charge is -2.09. The first-order chi connectivity index (χ1) is 9.58. The lowest BCUT2D eigenvalue weighted by molar-refractivity contribution is -0.129. The summed E-state index contributed by atoms with van der Waals surface area (Å²) in [5, 5.41) is 13.8. The van der Waals surface area contributed by atoms with Crippen LogP contribution in [-0.4, -0.2) is 16.7 Å². The van der Waals surface area contributed by atoms with Crippen molar-refractivity contribution in [1.29, 1.82) is 0 Å². The van der Waals surface area contributed by atoms with Crippen LogP contribution in [0.5, 0.6) is 0 Å². The van der Waals surface area contributed by atoms with E-state index in [0.29, 0.717) is 17.0 Å². The van der Waals surface area contributed by atoms with Gasteiger partial charge in [-0.3, -0.25) is 4.79 Å². The Morgan fingerprint density at radius 3 is 2.55 bits per heavy atom. The fourth-order valence-corrected chi connectivity index (χ4v) is 1.67. The molecule has 0 fully saturated rings. The molecule has 0 aliphatic rings. The van der Waals surface area contributed by atoms with Crippen LogP contribution in [0.25, 0.3) is 0 Å². The second-order valence-electron chi connectivity index (χ2n) is 4.40. The first-order valence-electron chi connectivity index (χ1n) is 6.22. The number of hydrogen-bond acceptors (Lipinski definition) is 4. The van der Waals surface area contributed by atoms with Gasteiger partial charge in [-0.2, -0.15) is 5.10 Å². The van der Waals surface area contributed by atoms with E-state index >= 15 is 0 Å². The lowest BCUT2D eigenvalue weighted by Crippen LogP contribution is -2.26. The summed E-state index contributed by atoms with van der Waals surface area (Å²) in [6.07, 6.45) is -1.24. The average Bonchev–Trinajstić information content (AvgIpc) is 2.91. The molecule has 0 aliphatic carbocycles. The van der Waals surface area contributed by atoms with Crippen molar-refractivity contribution in [3.8, 4) is 0 Å². The first kappa shape index (κ1) is 14.0. The fraction of sp³-hybridized carbons (Fsp3) is 0.200. The van der Waals surface area contributed by atoms with Gasteiger partial charge >= 0.3 is 0 Å². The van der Waals surface area contributed by atoms with E-state index in [1.54, 1.807) is 37.3 Å². The van der Waals surface area contributed by atoms with Gasteiger partial charge in [-0.25, -0.2) is 5.43 Å². The number of aliphatic hydroxyl groups is 1. The van der Waals surface area contributed by atoms with Crippen molar-refractivity contribution >= 4 is 11.6 Å². The van der Waals surface area contributed by atoms with Gasteiger partial charge in [0.2, 0.25) is 0 Å². The van der Waals surface area contributed by atoms with Crippen molar-refractivity contribution in [2.24, 2.45) is 5.10 Å². The van der Waals surface area contributed by atoms with Crippen LogP contribution in [0.1, 0.15) is 30.1 Å². The van der Waals surface area contributed by atoms with E-state index in [1.165, 1.54) is 0 Å². The molecule has 1 heterocycles. The van der Waals surface area contributed by atoms with Crippen LogP contribution in [0.2, 0.25) is 0 Å². The molecule has 2 N–H and O–H groups in total. The number of amides is 1. The Bertz CT molecular complexity index is 617. The summed E-state index contributed by atoms with van der Waals surface area (Å²) in [5.41, 5.74) is 3.38. The van der Waals surface area contributed by atoms with Crippen molar-refractivity contribution in [2.45, 2.75) is 20.0 Å². The summed E-state index contributed by atoms with van der Waals surface area (Å²) in [6, 6.07) is 12.3. The predicted molar refractivity (Wildman–Crippen MR) is 75.2 cm³/mol. The highest BCUT2D eigenvalue weighted by Gasteiger charge is 2.16. The molecule has 0 radical (unpaired) electrons. The minimum Gasteiger partial charge on any atom is -0.460 e. The van der Waals surface area contributed by atoms with Crippen LogP contribution >= 0.6 is 0 Å². The molecule has 0 spiro atoms. The number of aryl methyl sites for hydroxylation is 1. The molecule has 1 amide bonds. The number of carbonyl (C=O) groups is 1. The molecule has 20 heavy (non-hydrogen) atoms. The van der Waals surface area contributed by atoms with Gasteiger partial charge in [-0.1, -0.05) is 30.3 Å². The lowest BCUT2D eigenvalue weighted by atomic mass is 10.1. The van der Waals surface area contributed by atoms with Gasteiger partial charge in [-0.15, -0.1) is 0 Å². The molecule has 2 aromatic rings. The zero-order valence-corrected chi connectivity index (χ0v) is 11.3. The van der Waals surface area contributed by atoms with Crippen molar-refractivity contribution in [1.82, 2.24) is 5.43 Å².